The first-order valence-corrected chi connectivity index (χ1v) is 12.1. The molecule has 0 aliphatic heterocycles. The number of nitrogens with zero attached hydrogens (tertiary/aromatic N) is 3. The molecule has 0 saturated carbocycles. The van der Waals surface area contributed by atoms with Gasteiger partial charge in [-0.3, -0.25) is 14.4 Å². The summed E-state index contributed by atoms with van der Waals surface area (Å²) >= 11 is 1.23. The van der Waals surface area contributed by atoms with E-state index in [4.69, 9.17) is 23.8 Å². The number of benzene rings is 2. The minimum atomic E-state index is -0.833. The molecule has 11 heteroatoms. The molecule has 1 N–H and O–H groups in total. The predicted octanol–water partition coefficient (Wildman–Crippen LogP) is 3.94. The van der Waals surface area contributed by atoms with Crippen molar-refractivity contribution in [3.8, 4) is 34.2 Å². The average molecular weight is 534 g/mol. The smallest absolute Gasteiger partial charge is 0.300 e. The van der Waals surface area contributed by atoms with Crippen molar-refractivity contribution in [3.63, 3.8) is 0 Å². The summed E-state index contributed by atoms with van der Waals surface area (Å²) in [7, 11) is 3.12. The third kappa shape index (κ3) is 5.62. The third-order valence-electron chi connectivity index (χ3n) is 5.30. The van der Waals surface area contributed by atoms with Crippen LogP contribution >= 0.6 is 11.3 Å². The number of furan rings is 1. The van der Waals surface area contributed by atoms with E-state index in [0.29, 0.717) is 49.5 Å². The van der Waals surface area contributed by atoms with Crippen molar-refractivity contribution >= 4 is 34.1 Å². The molecular formula is C27H23N3O7S. The molecule has 0 aliphatic carbocycles. The number of carboxylic acid groups (broad SMARTS) is 1. The molecule has 3 aromatic heterocycles. The zero-order chi connectivity index (χ0) is 27.4. The van der Waals surface area contributed by atoms with Gasteiger partial charge in [0.1, 0.15) is 16.1 Å². The molecule has 0 aliphatic rings. The van der Waals surface area contributed by atoms with Crippen LogP contribution in [0.4, 0.5) is 0 Å². The number of thiazole rings is 1. The number of fused-ring (bicyclic) bond motifs is 1. The quantitative estimate of drug-likeness (QED) is 0.322. The highest BCUT2D eigenvalue weighted by Gasteiger charge is 2.15. The number of hydrogen-bond acceptors (Lipinski definition) is 9. The first-order valence-electron chi connectivity index (χ1n) is 11.2. The molecule has 0 atom stereocenters. The van der Waals surface area contributed by atoms with Gasteiger partial charge in [0.2, 0.25) is 4.96 Å². The van der Waals surface area contributed by atoms with Gasteiger partial charge in [0, 0.05) is 29.7 Å². The van der Waals surface area contributed by atoms with E-state index >= 15 is 0 Å². The van der Waals surface area contributed by atoms with Gasteiger partial charge < -0.3 is 19.0 Å². The monoisotopic (exact) mass is 533 g/mol. The van der Waals surface area contributed by atoms with E-state index in [9.17, 15) is 9.59 Å². The summed E-state index contributed by atoms with van der Waals surface area (Å²) in [6.07, 6.45) is 1.67. The molecule has 0 bridgehead atoms. The highest BCUT2D eigenvalue weighted by Crippen LogP contribution is 2.31. The standard InChI is InChI=1S/C25H19N3O5S.C2H4O2/c1-14(29)15-4-6-16(7-5-15)19-11-9-18(33-19)13-22-24(30)28-25(34-22)26-23(27-28)17-8-10-20(31-2)21(12-17)32-3;1-2(3)4/h4-13H,1-3H3;1H3,(H,3,4)/b22-13-;. The molecule has 10 nitrogen and oxygen atoms in total. The number of carbonyl (C=O) groups excluding carboxylic acids is 1. The minimum absolute atomic E-state index is 0.00796. The molecule has 194 valence electrons. The molecule has 5 rings (SSSR count). The van der Waals surface area contributed by atoms with Gasteiger partial charge in [-0.15, -0.1) is 5.10 Å². The molecule has 0 unspecified atom stereocenters. The number of aliphatic carboxylic acids is 1. The Morgan fingerprint density at radius 2 is 1.63 bits per heavy atom. The Bertz CT molecular complexity index is 1730. The normalized spacial score (nSPS) is 11.2. The number of Topliss-reactive ketones (excluding diaryl/α,β-unsaturated/α-hetero) is 1. The average Bonchev–Trinajstić information content (AvgIpc) is 3.60. The third-order valence-corrected chi connectivity index (χ3v) is 6.26. The maximum atomic E-state index is 12.9. The first kappa shape index (κ1) is 26.3. The minimum Gasteiger partial charge on any atom is -0.493 e. The van der Waals surface area contributed by atoms with Crippen LogP contribution in [0, 0.1) is 0 Å². The van der Waals surface area contributed by atoms with Crippen molar-refractivity contribution in [2.75, 3.05) is 14.2 Å². The lowest BCUT2D eigenvalue weighted by atomic mass is 10.1. The highest BCUT2D eigenvalue weighted by molar-refractivity contribution is 7.15. The van der Waals surface area contributed by atoms with E-state index in [-0.39, 0.29) is 11.3 Å². The van der Waals surface area contributed by atoms with Crippen molar-refractivity contribution in [1.82, 2.24) is 14.6 Å². The van der Waals surface area contributed by atoms with E-state index in [2.05, 4.69) is 10.1 Å². The van der Waals surface area contributed by atoms with Gasteiger partial charge in [0.25, 0.3) is 11.5 Å². The SMILES string of the molecule is CC(=O)O.COc1ccc(-c2nc3s/c(=C\c4ccc(-c5ccc(C(C)=O)cc5)o4)c(=O)n3n2)cc1OC. The molecule has 0 radical (unpaired) electrons. The summed E-state index contributed by atoms with van der Waals surface area (Å²) in [5.74, 6) is 1.93. The Morgan fingerprint density at radius 3 is 2.24 bits per heavy atom. The summed E-state index contributed by atoms with van der Waals surface area (Å²) in [5.41, 5.74) is 1.92. The van der Waals surface area contributed by atoms with E-state index in [1.54, 1.807) is 50.6 Å². The van der Waals surface area contributed by atoms with Crippen LogP contribution in [0.15, 0.2) is 63.8 Å². The van der Waals surface area contributed by atoms with E-state index in [0.717, 1.165) is 12.5 Å². The number of ketones is 1. The van der Waals surface area contributed by atoms with E-state index < -0.39 is 5.97 Å². The number of aromatic nitrogens is 3. The van der Waals surface area contributed by atoms with Gasteiger partial charge in [-0.1, -0.05) is 35.6 Å². The van der Waals surface area contributed by atoms with Gasteiger partial charge in [0.15, 0.2) is 23.1 Å². The summed E-state index contributed by atoms with van der Waals surface area (Å²) in [6, 6.07) is 16.1. The fraction of sp³-hybridized carbons (Fsp3) is 0.148. The van der Waals surface area contributed by atoms with Crippen LogP contribution in [-0.2, 0) is 4.79 Å². The van der Waals surface area contributed by atoms with E-state index in [1.807, 2.05) is 24.3 Å². The van der Waals surface area contributed by atoms with Gasteiger partial charge >= 0.3 is 0 Å². The Kier molecular flexibility index (Phi) is 7.68. The number of carboxylic acids is 1. The molecule has 38 heavy (non-hydrogen) atoms. The Hall–Kier alpha value is -4.77. The summed E-state index contributed by atoms with van der Waals surface area (Å²) in [5, 5.41) is 11.8. The van der Waals surface area contributed by atoms with Crippen LogP contribution in [0.5, 0.6) is 11.5 Å². The second-order valence-electron chi connectivity index (χ2n) is 7.97. The largest absolute Gasteiger partial charge is 0.493 e. The molecule has 0 spiro atoms. The summed E-state index contributed by atoms with van der Waals surface area (Å²) in [6.45, 7) is 2.61. The molecular weight excluding hydrogens is 510 g/mol. The van der Waals surface area contributed by atoms with Crippen LogP contribution in [0.3, 0.4) is 0 Å². The Labute approximate surface area is 220 Å². The number of rotatable bonds is 6. The predicted molar refractivity (Wildman–Crippen MR) is 142 cm³/mol. The van der Waals surface area contributed by atoms with Crippen molar-refractivity contribution < 1.29 is 28.6 Å². The highest BCUT2D eigenvalue weighted by atomic mass is 32.1. The fourth-order valence-electron chi connectivity index (χ4n) is 3.52. The Balaban J connectivity index is 0.000000786. The van der Waals surface area contributed by atoms with Crippen LogP contribution in [0.25, 0.3) is 33.7 Å². The van der Waals surface area contributed by atoms with Gasteiger partial charge in [0.05, 0.1) is 14.2 Å². The zero-order valence-electron chi connectivity index (χ0n) is 20.9. The van der Waals surface area contributed by atoms with Gasteiger partial charge in [-0.25, -0.2) is 0 Å². The molecule has 5 aromatic rings. The zero-order valence-corrected chi connectivity index (χ0v) is 21.7. The maximum absolute atomic E-state index is 12.9. The second kappa shape index (κ2) is 11.1. The molecule has 2 aromatic carbocycles. The van der Waals surface area contributed by atoms with Crippen LogP contribution in [0.1, 0.15) is 30.0 Å². The van der Waals surface area contributed by atoms with E-state index in [1.165, 1.54) is 22.8 Å². The fourth-order valence-corrected chi connectivity index (χ4v) is 4.40. The first-order chi connectivity index (χ1) is 18.2. The Morgan fingerprint density at radius 1 is 0.974 bits per heavy atom. The number of carbonyl (C=O) groups is 2. The maximum Gasteiger partial charge on any atom is 0.300 e. The van der Waals surface area contributed by atoms with Crippen molar-refractivity contribution in [2.24, 2.45) is 0 Å². The molecule has 3 heterocycles. The number of hydrogen-bond donors (Lipinski definition) is 1. The lowest BCUT2D eigenvalue weighted by molar-refractivity contribution is -0.134. The van der Waals surface area contributed by atoms with Crippen molar-refractivity contribution in [1.29, 1.82) is 0 Å². The van der Waals surface area contributed by atoms with Crippen molar-refractivity contribution in [3.05, 3.63) is 80.8 Å². The number of methoxy groups -OCH3 is 2. The number of ether oxygens (including phenoxy) is 2. The van der Waals surface area contributed by atoms with Crippen LogP contribution < -0.4 is 19.6 Å². The lowest BCUT2D eigenvalue weighted by Gasteiger charge is -2.07. The lowest BCUT2D eigenvalue weighted by Crippen LogP contribution is -2.23. The summed E-state index contributed by atoms with van der Waals surface area (Å²) < 4.78 is 18.2. The van der Waals surface area contributed by atoms with Gasteiger partial charge in [-0.05, 0) is 37.3 Å². The molecule has 0 amide bonds. The van der Waals surface area contributed by atoms with Crippen LogP contribution in [0.2, 0.25) is 0 Å². The van der Waals surface area contributed by atoms with Gasteiger partial charge in [-0.2, -0.15) is 9.50 Å². The van der Waals surface area contributed by atoms with Crippen LogP contribution in [-0.4, -0.2) is 45.7 Å². The topological polar surface area (TPSA) is 133 Å². The summed E-state index contributed by atoms with van der Waals surface area (Å²) in [4.78, 5) is 38.3. The molecule has 0 fully saturated rings. The van der Waals surface area contributed by atoms with Crippen molar-refractivity contribution in [2.45, 2.75) is 13.8 Å². The molecule has 0 saturated heterocycles. The second-order valence-corrected chi connectivity index (χ2v) is 8.98.